The predicted molar refractivity (Wildman–Crippen MR) is 85.9 cm³/mol. The van der Waals surface area contributed by atoms with Crippen molar-refractivity contribution >= 4 is 23.0 Å². The molecule has 0 radical (unpaired) electrons. The lowest BCUT2D eigenvalue weighted by Gasteiger charge is -2.11. The summed E-state index contributed by atoms with van der Waals surface area (Å²) in [6, 6.07) is 7.55. The van der Waals surface area contributed by atoms with Crippen molar-refractivity contribution in [2.75, 3.05) is 12.5 Å². The maximum absolute atomic E-state index is 11.9. The van der Waals surface area contributed by atoms with E-state index in [2.05, 4.69) is 25.6 Å². The van der Waals surface area contributed by atoms with E-state index in [0.29, 0.717) is 5.95 Å². The third-order valence-electron chi connectivity index (χ3n) is 3.59. The molecule has 2 aromatic rings. The molecule has 9 heteroatoms. The van der Waals surface area contributed by atoms with Crippen LogP contribution in [0.5, 0.6) is 0 Å². The van der Waals surface area contributed by atoms with Crippen LogP contribution >= 0.6 is 0 Å². The number of benzene rings is 1. The lowest BCUT2D eigenvalue weighted by atomic mass is 10.1. The highest BCUT2D eigenvalue weighted by atomic mass is 16.5. The number of pyridine rings is 1. The van der Waals surface area contributed by atoms with E-state index >= 15 is 0 Å². The molecule has 0 saturated carbocycles. The molecule has 0 atom stereocenters. The number of methoxy groups -OCH3 is 1. The number of carbonyl (C=O) groups excluding carboxylic acids is 1. The number of H-pyrrole nitrogens is 2. The van der Waals surface area contributed by atoms with Crippen LogP contribution in [0.4, 0.5) is 5.95 Å². The minimum Gasteiger partial charge on any atom is -0.465 e. The highest BCUT2D eigenvalue weighted by Crippen LogP contribution is 2.21. The summed E-state index contributed by atoms with van der Waals surface area (Å²) in [6.45, 7) is 0. The number of aromatic nitrogens is 5. The fourth-order valence-electron chi connectivity index (χ4n) is 2.49. The molecule has 24 heavy (non-hydrogen) atoms. The number of esters is 1. The van der Waals surface area contributed by atoms with Gasteiger partial charge in [0.05, 0.1) is 23.7 Å². The van der Waals surface area contributed by atoms with Crippen molar-refractivity contribution in [2.45, 2.75) is 0 Å². The Bertz CT molecular complexity index is 1040. The Kier molecular flexibility index (Phi) is 3.05. The summed E-state index contributed by atoms with van der Waals surface area (Å²) >= 11 is 0. The Morgan fingerprint density at radius 1 is 1.29 bits per heavy atom. The first-order valence-electron chi connectivity index (χ1n) is 7.06. The van der Waals surface area contributed by atoms with E-state index in [1.165, 1.54) is 24.2 Å². The van der Waals surface area contributed by atoms with Gasteiger partial charge < -0.3 is 9.72 Å². The SMILES string of the molecule is COC(=O)c1cn(Nc2nc3ccccc3[nH]2)cc2c(=O)[nH]nc1-2. The van der Waals surface area contributed by atoms with Gasteiger partial charge in [0.15, 0.2) is 0 Å². The van der Waals surface area contributed by atoms with Gasteiger partial charge in [-0.2, -0.15) is 5.10 Å². The van der Waals surface area contributed by atoms with Crippen molar-refractivity contribution in [2.24, 2.45) is 0 Å². The zero-order valence-electron chi connectivity index (χ0n) is 12.5. The molecule has 0 fully saturated rings. The molecule has 4 rings (SSSR count). The van der Waals surface area contributed by atoms with Crippen LogP contribution in [-0.2, 0) is 4.74 Å². The lowest BCUT2D eigenvalue weighted by molar-refractivity contribution is 0.0600. The van der Waals surface area contributed by atoms with Crippen LogP contribution in [-0.4, -0.2) is 37.9 Å². The van der Waals surface area contributed by atoms with E-state index in [1.807, 2.05) is 24.3 Å². The zero-order valence-corrected chi connectivity index (χ0v) is 12.5. The number of aromatic amines is 2. The highest BCUT2D eigenvalue weighted by molar-refractivity contribution is 5.96. The maximum atomic E-state index is 11.9. The van der Waals surface area contributed by atoms with Crippen LogP contribution < -0.4 is 11.0 Å². The number of imidazole rings is 1. The number of hydrogen-bond donors (Lipinski definition) is 3. The van der Waals surface area contributed by atoms with Crippen LogP contribution in [0.1, 0.15) is 10.4 Å². The van der Waals surface area contributed by atoms with Crippen molar-refractivity contribution in [3.8, 4) is 11.3 Å². The largest absolute Gasteiger partial charge is 0.465 e. The summed E-state index contributed by atoms with van der Waals surface area (Å²) in [6.07, 6.45) is 3.02. The first-order valence-corrected chi connectivity index (χ1v) is 7.06. The van der Waals surface area contributed by atoms with Crippen LogP contribution in [0.25, 0.3) is 22.3 Å². The van der Waals surface area contributed by atoms with Crippen molar-refractivity contribution < 1.29 is 9.53 Å². The first-order chi connectivity index (χ1) is 11.7. The Hall–Kier alpha value is -3.62. The number of nitrogens with one attached hydrogen (secondary N) is 3. The number of para-hydroxylation sites is 2. The minimum absolute atomic E-state index is 0.164. The van der Waals surface area contributed by atoms with Crippen LogP contribution in [0, 0.1) is 0 Å². The molecular formula is C15H12N6O3. The molecule has 0 spiro atoms. The molecule has 120 valence electrons. The van der Waals surface area contributed by atoms with Gasteiger partial charge in [0.25, 0.3) is 5.56 Å². The molecular weight excluding hydrogens is 312 g/mol. The monoisotopic (exact) mass is 324 g/mol. The maximum Gasteiger partial charge on any atom is 0.341 e. The van der Waals surface area contributed by atoms with Gasteiger partial charge in [0.1, 0.15) is 11.3 Å². The standard InChI is InChI=1S/C15H12N6O3/c1-24-14(23)9-7-21(6-8-12(9)18-19-13(8)22)20-15-16-10-4-2-3-5-11(10)17-15/h2-7H,1H3,(H,19,22)(H2,16,17,20). The number of anilines is 1. The molecule has 0 bridgehead atoms. The molecule has 2 aliphatic heterocycles. The second-order valence-electron chi connectivity index (χ2n) is 5.10. The van der Waals surface area contributed by atoms with Gasteiger partial charge in [0.2, 0.25) is 5.95 Å². The molecule has 2 aliphatic rings. The Morgan fingerprint density at radius 2 is 2.12 bits per heavy atom. The zero-order chi connectivity index (χ0) is 16.7. The third-order valence-corrected chi connectivity index (χ3v) is 3.59. The molecule has 0 aliphatic carbocycles. The predicted octanol–water partition coefficient (Wildman–Crippen LogP) is 1.21. The number of hydrogen-bond acceptors (Lipinski definition) is 6. The van der Waals surface area contributed by atoms with E-state index in [4.69, 9.17) is 4.74 Å². The number of nitrogens with zero attached hydrogens (tertiary/aromatic N) is 3. The fraction of sp³-hybridized carbons (Fsp3) is 0.0667. The molecule has 3 N–H and O–H groups in total. The van der Waals surface area contributed by atoms with Crippen molar-refractivity contribution in [1.29, 1.82) is 0 Å². The normalized spacial score (nSPS) is 11.0. The smallest absolute Gasteiger partial charge is 0.341 e. The van der Waals surface area contributed by atoms with Gasteiger partial charge in [-0.1, -0.05) is 12.1 Å². The topological polar surface area (TPSA) is 118 Å². The number of ether oxygens (including phenoxy) is 1. The van der Waals surface area contributed by atoms with Crippen LogP contribution in [0.2, 0.25) is 0 Å². The first kappa shape index (κ1) is 14.0. The van der Waals surface area contributed by atoms with Crippen molar-refractivity contribution in [3.63, 3.8) is 0 Å². The summed E-state index contributed by atoms with van der Waals surface area (Å²) in [7, 11) is 1.27. The summed E-state index contributed by atoms with van der Waals surface area (Å²) < 4.78 is 6.21. The molecule has 3 heterocycles. The average molecular weight is 324 g/mol. The summed E-state index contributed by atoms with van der Waals surface area (Å²) in [4.78, 5) is 31.3. The van der Waals surface area contributed by atoms with Crippen LogP contribution in [0.3, 0.4) is 0 Å². The molecule has 1 aromatic carbocycles. The van der Waals surface area contributed by atoms with E-state index in [0.717, 1.165) is 11.0 Å². The highest BCUT2D eigenvalue weighted by Gasteiger charge is 2.22. The van der Waals surface area contributed by atoms with Crippen molar-refractivity contribution in [3.05, 3.63) is 52.6 Å². The van der Waals surface area contributed by atoms with Gasteiger partial charge in [-0.15, -0.1) is 0 Å². The molecule has 0 unspecified atom stereocenters. The second kappa shape index (κ2) is 5.23. The van der Waals surface area contributed by atoms with E-state index in [-0.39, 0.29) is 16.8 Å². The minimum atomic E-state index is -0.591. The van der Waals surface area contributed by atoms with Gasteiger partial charge in [0, 0.05) is 12.4 Å². The Labute approximate surface area is 134 Å². The summed E-state index contributed by atoms with van der Waals surface area (Å²) in [5.41, 5.74) is 4.94. The van der Waals surface area contributed by atoms with Crippen LogP contribution in [0.15, 0.2) is 41.5 Å². The van der Waals surface area contributed by atoms with Gasteiger partial charge in [-0.3, -0.25) is 14.9 Å². The average Bonchev–Trinajstić information content (AvgIpc) is 3.17. The molecule has 1 aromatic heterocycles. The van der Waals surface area contributed by atoms with Gasteiger partial charge >= 0.3 is 5.97 Å². The number of carbonyl (C=O) groups is 1. The quantitative estimate of drug-likeness (QED) is 0.488. The third kappa shape index (κ3) is 2.19. The van der Waals surface area contributed by atoms with Gasteiger partial charge in [-0.05, 0) is 12.1 Å². The number of fused-ring (bicyclic) bond motifs is 2. The molecule has 0 amide bonds. The Balaban J connectivity index is 1.81. The van der Waals surface area contributed by atoms with Crippen molar-refractivity contribution in [1.82, 2.24) is 24.8 Å². The number of rotatable bonds is 3. The summed E-state index contributed by atoms with van der Waals surface area (Å²) in [5.74, 6) is -0.125. The van der Waals surface area contributed by atoms with E-state index in [9.17, 15) is 9.59 Å². The summed E-state index contributed by atoms with van der Waals surface area (Å²) in [5, 5.41) is 6.20. The van der Waals surface area contributed by atoms with Gasteiger partial charge in [-0.25, -0.2) is 14.9 Å². The fourth-order valence-corrected chi connectivity index (χ4v) is 2.49. The Morgan fingerprint density at radius 3 is 2.92 bits per heavy atom. The molecule has 0 saturated heterocycles. The lowest BCUT2D eigenvalue weighted by Crippen LogP contribution is -2.17. The van der Waals surface area contributed by atoms with E-state index < -0.39 is 11.5 Å². The second-order valence-corrected chi connectivity index (χ2v) is 5.10. The molecule has 9 nitrogen and oxygen atoms in total. The van der Waals surface area contributed by atoms with E-state index in [1.54, 1.807) is 0 Å².